The average Bonchev–Trinajstić information content (AvgIpc) is 3.16. The number of rotatable bonds is 4. The standard InChI is InChI=1S/C20H18N2O4/c1-13-6-8-14(9-7-13)19-18(22-12-25-19)20(23)21-10-15-11-24-16-4-2-3-5-17(16)26-15/h2-9,12,15H,10-11H2,1H3,(H,21,23). The van der Waals surface area contributed by atoms with Crippen LogP contribution in [-0.4, -0.2) is 30.1 Å². The molecule has 26 heavy (non-hydrogen) atoms. The van der Waals surface area contributed by atoms with Crippen molar-refractivity contribution < 1.29 is 18.7 Å². The Morgan fingerprint density at radius 3 is 2.73 bits per heavy atom. The molecule has 2 heterocycles. The van der Waals surface area contributed by atoms with Crippen molar-refractivity contribution in [2.24, 2.45) is 0 Å². The van der Waals surface area contributed by atoms with Crippen LogP contribution in [0.2, 0.25) is 0 Å². The molecule has 0 bridgehead atoms. The SMILES string of the molecule is Cc1ccc(-c2ocnc2C(=O)NCC2COc3ccccc3O2)cc1. The van der Waals surface area contributed by atoms with Crippen molar-refractivity contribution in [1.29, 1.82) is 0 Å². The number of carbonyl (C=O) groups is 1. The molecule has 1 aromatic heterocycles. The number of amides is 1. The predicted octanol–water partition coefficient (Wildman–Crippen LogP) is 3.22. The maximum absolute atomic E-state index is 12.5. The minimum atomic E-state index is -0.309. The molecule has 2 aromatic carbocycles. The minimum Gasteiger partial charge on any atom is -0.486 e. The molecule has 0 aliphatic carbocycles. The molecule has 1 aliphatic rings. The maximum atomic E-state index is 12.5. The second kappa shape index (κ2) is 6.92. The van der Waals surface area contributed by atoms with E-state index in [9.17, 15) is 4.79 Å². The Morgan fingerprint density at radius 1 is 1.15 bits per heavy atom. The van der Waals surface area contributed by atoms with Gasteiger partial charge in [-0.15, -0.1) is 0 Å². The quantitative estimate of drug-likeness (QED) is 0.782. The molecule has 4 rings (SSSR count). The smallest absolute Gasteiger partial charge is 0.274 e. The van der Waals surface area contributed by atoms with Crippen LogP contribution in [0.3, 0.4) is 0 Å². The Hall–Kier alpha value is -3.28. The highest BCUT2D eigenvalue weighted by Gasteiger charge is 2.23. The third-order valence-corrected chi connectivity index (χ3v) is 4.15. The summed E-state index contributed by atoms with van der Waals surface area (Å²) in [4.78, 5) is 16.6. The lowest BCUT2D eigenvalue weighted by atomic mass is 10.1. The van der Waals surface area contributed by atoms with Gasteiger partial charge in [-0.25, -0.2) is 4.98 Å². The number of nitrogens with one attached hydrogen (secondary N) is 1. The summed E-state index contributed by atoms with van der Waals surface area (Å²) >= 11 is 0. The lowest BCUT2D eigenvalue weighted by Gasteiger charge is -2.26. The molecule has 1 N–H and O–H groups in total. The van der Waals surface area contributed by atoms with Gasteiger partial charge in [-0.1, -0.05) is 42.0 Å². The van der Waals surface area contributed by atoms with Gasteiger partial charge in [0.2, 0.25) is 0 Å². The number of nitrogens with zero attached hydrogens (tertiary/aromatic N) is 1. The molecule has 1 aliphatic heterocycles. The molecule has 0 saturated carbocycles. The first kappa shape index (κ1) is 16.2. The van der Waals surface area contributed by atoms with Crippen molar-refractivity contribution in [2.75, 3.05) is 13.2 Å². The van der Waals surface area contributed by atoms with Crippen LogP contribution in [-0.2, 0) is 0 Å². The lowest BCUT2D eigenvalue weighted by Crippen LogP contribution is -2.40. The Bertz CT molecular complexity index is 918. The Balaban J connectivity index is 1.42. The zero-order valence-electron chi connectivity index (χ0n) is 14.3. The van der Waals surface area contributed by atoms with E-state index in [4.69, 9.17) is 13.9 Å². The number of aromatic nitrogens is 1. The third-order valence-electron chi connectivity index (χ3n) is 4.15. The van der Waals surface area contributed by atoms with Crippen LogP contribution < -0.4 is 14.8 Å². The number of benzene rings is 2. The van der Waals surface area contributed by atoms with Crippen molar-refractivity contribution in [1.82, 2.24) is 10.3 Å². The van der Waals surface area contributed by atoms with Gasteiger partial charge in [0.25, 0.3) is 5.91 Å². The van der Waals surface area contributed by atoms with Gasteiger partial charge in [0.05, 0.1) is 6.54 Å². The number of fused-ring (bicyclic) bond motifs is 1. The monoisotopic (exact) mass is 350 g/mol. The van der Waals surface area contributed by atoms with Gasteiger partial charge >= 0.3 is 0 Å². The molecule has 6 nitrogen and oxygen atoms in total. The summed E-state index contributed by atoms with van der Waals surface area (Å²) in [6, 6.07) is 15.2. The minimum absolute atomic E-state index is 0.256. The number of ether oxygens (including phenoxy) is 2. The van der Waals surface area contributed by atoms with Crippen molar-refractivity contribution in [2.45, 2.75) is 13.0 Å². The number of oxazole rings is 1. The van der Waals surface area contributed by atoms with E-state index >= 15 is 0 Å². The highest BCUT2D eigenvalue weighted by molar-refractivity contribution is 5.97. The zero-order chi connectivity index (χ0) is 17.9. The van der Waals surface area contributed by atoms with Gasteiger partial charge in [0.1, 0.15) is 12.7 Å². The van der Waals surface area contributed by atoms with E-state index < -0.39 is 0 Å². The molecule has 132 valence electrons. The van der Waals surface area contributed by atoms with Gasteiger partial charge in [-0.05, 0) is 19.1 Å². The largest absolute Gasteiger partial charge is 0.486 e. The highest BCUT2D eigenvalue weighted by Crippen LogP contribution is 2.30. The number of para-hydroxylation sites is 2. The van der Waals surface area contributed by atoms with Crippen molar-refractivity contribution in [3.05, 3.63) is 66.2 Å². The third kappa shape index (κ3) is 3.26. The first-order valence-corrected chi connectivity index (χ1v) is 8.38. The van der Waals surface area contributed by atoms with Crippen molar-refractivity contribution >= 4 is 5.91 Å². The van der Waals surface area contributed by atoms with Gasteiger partial charge in [-0.3, -0.25) is 4.79 Å². The van der Waals surface area contributed by atoms with E-state index in [1.807, 2.05) is 55.5 Å². The topological polar surface area (TPSA) is 73.6 Å². The summed E-state index contributed by atoms with van der Waals surface area (Å²) < 4.78 is 16.9. The van der Waals surface area contributed by atoms with E-state index in [1.165, 1.54) is 6.39 Å². The summed E-state index contributed by atoms with van der Waals surface area (Å²) in [6.45, 7) is 2.69. The van der Waals surface area contributed by atoms with Crippen LogP contribution in [0.25, 0.3) is 11.3 Å². The molecule has 0 saturated heterocycles. The number of hydrogen-bond donors (Lipinski definition) is 1. The maximum Gasteiger partial charge on any atom is 0.274 e. The lowest BCUT2D eigenvalue weighted by molar-refractivity contribution is 0.0787. The molecule has 0 spiro atoms. The van der Waals surface area contributed by atoms with Crippen LogP contribution in [0, 0.1) is 6.92 Å². The van der Waals surface area contributed by atoms with Crippen LogP contribution in [0.5, 0.6) is 11.5 Å². The molecule has 1 atom stereocenters. The van der Waals surface area contributed by atoms with E-state index in [-0.39, 0.29) is 17.7 Å². The van der Waals surface area contributed by atoms with Crippen LogP contribution in [0.4, 0.5) is 0 Å². The summed E-state index contributed by atoms with van der Waals surface area (Å²) in [5, 5.41) is 2.84. The number of hydrogen-bond acceptors (Lipinski definition) is 5. The first-order chi connectivity index (χ1) is 12.7. The Morgan fingerprint density at radius 2 is 1.92 bits per heavy atom. The van der Waals surface area contributed by atoms with Crippen LogP contribution in [0.1, 0.15) is 16.1 Å². The molecule has 6 heteroatoms. The van der Waals surface area contributed by atoms with E-state index in [0.717, 1.165) is 11.1 Å². The molecular weight excluding hydrogens is 332 g/mol. The van der Waals surface area contributed by atoms with Gasteiger partial charge in [0.15, 0.2) is 29.3 Å². The predicted molar refractivity (Wildman–Crippen MR) is 95.4 cm³/mol. The normalized spacial score (nSPS) is 15.5. The van der Waals surface area contributed by atoms with Crippen molar-refractivity contribution in [3.8, 4) is 22.8 Å². The summed E-state index contributed by atoms with van der Waals surface area (Å²) in [5.41, 5.74) is 2.20. The molecule has 1 amide bonds. The van der Waals surface area contributed by atoms with E-state index in [1.54, 1.807) is 0 Å². The van der Waals surface area contributed by atoms with Gasteiger partial charge in [-0.2, -0.15) is 0 Å². The second-order valence-electron chi connectivity index (χ2n) is 6.10. The fraction of sp³-hybridized carbons (Fsp3) is 0.200. The molecule has 0 fully saturated rings. The fourth-order valence-corrected chi connectivity index (χ4v) is 2.77. The molecule has 3 aromatic rings. The second-order valence-corrected chi connectivity index (χ2v) is 6.10. The summed E-state index contributed by atoms with van der Waals surface area (Å²) in [6.07, 6.45) is 1.02. The highest BCUT2D eigenvalue weighted by atomic mass is 16.6. The Labute approximate surface area is 150 Å². The first-order valence-electron chi connectivity index (χ1n) is 8.38. The number of carbonyl (C=O) groups excluding carboxylic acids is 1. The zero-order valence-corrected chi connectivity index (χ0v) is 14.3. The van der Waals surface area contributed by atoms with Crippen molar-refractivity contribution in [3.63, 3.8) is 0 Å². The molecule has 0 radical (unpaired) electrons. The van der Waals surface area contributed by atoms with Gasteiger partial charge < -0.3 is 19.2 Å². The Kier molecular flexibility index (Phi) is 4.31. The fourth-order valence-electron chi connectivity index (χ4n) is 2.77. The number of aryl methyl sites for hydroxylation is 1. The summed E-state index contributed by atoms with van der Waals surface area (Å²) in [7, 11) is 0. The summed E-state index contributed by atoms with van der Waals surface area (Å²) in [5.74, 6) is 1.54. The van der Waals surface area contributed by atoms with E-state index in [0.29, 0.717) is 30.4 Å². The molecule has 1 unspecified atom stereocenters. The van der Waals surface area contributed by atoms with Gasteiger partial charge in [0, 0.05) is 5.56 Å². The van der Waals surface area contributed by atoms with Crippen LogP contribution >= 0.6 is 0 Å². The van der Waals surface area contributed by atoms with E-state index in [2.05, 4.69) is 10.3 Å². The average molecular weight is 350 g/mol. The molecular formula is C20H18N2O4. The van der Waals surface area contributed by atoms with Crippen LogP contribution in [0.15, 0.2) is 59.3 Å².